The van der Waals surface area contributed by atoms with Crippen molar-refractivity contribution in [2.75, 3.05) is 0 Å². The lowest BCUT2D eigenvalue weighted by atomic mass is 10.2. The van der Waals surface area contributed by atoms with Crippen LogP contribution in [0.4, 0.5) is 0 Å². The van der Waals surface area contributed by atoms with Crippen molar-refractivity contribution in [2.24, 2.45) is 0 Å². The zero-order valence-corrected chi connectivity index (χ0v) is 8.01. The van der Waals surface area contributed by atoms with Gasteiger partial charge in [0.2, 0.25) is 0 Å². The zero-order valence-electron chi connectivity index (χ0n) is 7.25. The lowest BCUT2D eigenvalue weighted by molar-refractivity contribution is 0.0690. The number of aromatic carboxylic acids is 1. The number of rotatable bonds is 3. The van der Waals surface area contributed by atoms with Gasteiger partial charge in [-0.3, -0.25) is 0 Å². The largest absolute Gasteiger partial charge is 0.477 e. The van der Waals surface area contributed by atoms with Gasteiger partial charge in [-0.1, -0.05) is 24.9 Å². The predicted octanol–water partition coefficient (Wildman–Crippen LogP) is 2.39. The number of hydrogen-bond acceptors (Lipinski definition) is 2. The van der Waals surface area contributed by atoms with Gasteiger partial charge < -0.3 is 5.11 Å². The van der Waals surface area contributed by atoms with Crippen LogP contribution < -0.4 is 0 Å². The van der Waals surface area contributed by atoms with Crippen LogP contribution in [0.3, 0.4) is 0 Å². The van der Waals surface area contributed by atoms with Crippen LogP contribution >= 0.6 is 11.6 Å². The van der Waals surface area contributed by atoms with Crippen LogP contribution in [0.15, 0.2) is 12.1 Å². The minimum Gasteiger partial charge on any atom is -0.477 e. The summed E-state index contributed by atoms with van der Waals surface area (Å²) >= 11 is 5.73. The normalized spacial score (nSPS) is 10.0. The summed E-state index contributed by atoms with van der Waals surface area (Å²) in [5, 5.41) is 9.11. The first-order chi connectivity index (χ1) is 6.13. The molecule has 0 fully saturated rings. The molecule has 0 unspecified atom stereocenters. The van der Waals surface area contributed by atoms with Gasteiger partial charge in [0.15, 0.2) is 0 Å². The van der Waals surface area contributed by atoms with E-state index in [1.165, 1.54) is 6.07 Å². The molecule has 0 aliphatic heterocycles. The molecule has 0 spiro atoms. The molecule has 0 aliphatic rings. The second-order valence-electron chi connectivity index (χ2n) is 2.72. The topological polar surface area (TPSA) is 50.2 Å². The molecule has 0 saturated heterocycles. The summed E-state index contributed by atoms with van der Waals surface area (Å²) in [5.74, 6) is -1.04. The molecule has 0 atom stereocenters. The fourth-order valence-electron chi connectivity index (χ4n) is 1.04. The number of aryl methyl sites for hydroxylation is 1. The molecule has 4 heteroatoms. The van der Waals surface area contributed by atoms with Gasteiger partial charge in [-0.05, 0) is 18.6 Å². The summed E-state index contributed by atoms with van der Waals surface area (Å²) in [5.41, 5.74) is 0.739. The van der Waals surface area contributed by atoms with Gasteiger partial charge in [0.05, 0.1) is 0 Å². The fraction of sp³-hybridized carbons (Fsp3) is 0.333. The molecule has 70 valence electrons. The number of hydrogen-bond donors (Lipinski definition) is 1. The van der Waals surface area contributed by atoms with E-state index in [-0.39, 0.29) is 5.69 Å². The molecule has 1 aromatic rings. The fourth-order valence-corrected chi connectivity index (χ4v) is 1.27. The quantitative estimate of drug-likeness (QED) is 0.813. The highest BCUT2D eigenvalue weighted by atomic mass is 35.5. The first-order valence-electron chi connectivity index (χ1n) is 4.03. The summed E-state index contributed by atoms with van der Waals surface area (Å²) in [7, 11) is 0. The van der Waals surface area contributed by atoms with Crippen LogP contribution in [0.25, 0.3) is 0 Å². The molecule has 1 N–H and O–H groups in total. The van der Waals surface area contributed by atoms with E-state index in [2.05, 4.69) is 4.98 Å². The predicted molar refractivity (Wildman–Crippen MR) is 50.2 cm³/mol. The molecule has 0 aromatic carbocycles. The number of nitrogens with zero attached hydrogens (tertiary/aromatic N) is 1. The van der Waals surface area contributed by atoms with Crippen LogP contribution in [0, 0.1) is 0 Å². The van der Waals surface area contributed by atoms with E-state index in [9.17, 15) is 4.79 Å². The molecule has 0 saturated carbocycles. The molecular formula is C9H10ClNO2. The SMILES string of the molecule is CCCc1cc(Cl)cc(C(=O)O)n1. The third-order valence-corrected chi connectivity index (χ3v) is 1.79. The molecular weight excluding hydrogens is 190 g/mol. The molecule has 3 nitrogen and oxygen atoms in total. The zero-order chi connectivity index (χ0) is 9.84. The molecule has 1 rings (SSSR count). The Bertz CT molecular complexity index is 325. The smallest absolute Gasteiger partial charge is 0.354 e. The van der Waals surface area contributed by atoms with Gasteiger partial charge in [0, 0.05) is 10.7 Å². The van der Waals surface area contributed by atoms with Crippen molar-refractivity contribution in [3.63, 3.8) is 0 Å². The van der Waals surface area contributed by atoms with Gasteiger partial charge in [-0.15, -0.1) is 0 Å². The van der Waals surface area contributed by atoms with Crippen molar-refractivity contribution in [3.05, 3.63) is 28.5 Å². The molecule has 1 aromatic heterocycles. The molecule has 0 bridgehead atoms. The first-order valence-corrected chi connectivity index (χ1v) is 4.41. The maximum atomic E-state index is 10.6. The minimum atomic E-state index is -1.04. The van der Waals surface area contributed by atoms with Crippen LogP contribution in [-0.4, -0.2) is 16.1 Å². The highest BCUT2D eigenvalue weighted by molar-refractivity contribution is 6.30. The van der Waals surface area contributed by atoms with Crippen LogP contribution in [0.5, 0.6) is 0 Å². The highest BCUT2D eigenvalue weighted by Crippen LogP contribution is 2.13. The molecule has 0 radical (unpaired) electrons. The third kappa shape index (κ3) is 2.70. The van der Waals surface area contributed by atoms with E-state index >= 15 is 0 Å². The first kappa shape index (κ1) is 9.99. The minimum absolute atomic E-state index is 0.0101. The summed E-state index contributed by atoms with van der Waals surface area (Å²) in [4.78, 5) is 14.5. The Morgan fingerprint density at radius 3 is 2.85 bits per heavy atom. The lowest BCUT2D eigenvalue weighted by Gasteiger charge is -2.00. The Labute approximate surface area is 81.4 Å². The van der Waals surface area contributed by atoms with Crippen molar-refractivity contribution >= 4 is 17.6 Å². The number of halogens is 1. The van der Waals surface area contributed by atoms with E-state index < -0.39 is 5.97 Å². The Hall–Kier alpha value is -1.09. The van der Waals surface area contributed by atoms with E-state index in [1.54, 1.807) is 6.07 Å². The van der Waals surface area contributed by atoms with Crippen LogP contribution in [0.1, 0.15) is 29.5 Å². The standard InChI is InChI=1S/C9H10ClNO2/c1-2-3-7-4-6(10)5-8(11-7)9(12)13/h4-5H,2-3H2,1H3,(H,12,13). The van der Waals surface area contributed by atoms with Crippen LogP contribution in [-0.2, 0) is 6.42 Å². The number of pyridine rings is 1. The Morgan fingerprint density at radius 1 is 1.62 bits per heavy atom. The average Bonchev–Trinajstić information content (AvgIpc) is 2.03. The van der Waals surface area contributed by atoms with Crippen molar-refractivity contribution < 1.29 is 9.90 Å². The van der Waals surface area contributed by atoms with E-state index in [0.29, 0.717) is 5.02 Å². The Kier molecular flexibility index (Phi) is 3.25. The monoisotopic (exact) mass is 199 g/mol. The summed E-state index contributed by atoms with van der Waals surface area (Å²) in [6.45, 7) is 2.00. The summed E-state index contributed by atoms with van der Waals surface area (Å²) < 4.78 is 0. The highest BCUT2D eigenvalue weighted by Gasteiger charge is 2.07. The second-order valence-corrected chi connectivity index (χ2v) is 3.15. The third-order valence-electron chi connectivity index (χ3n) is 1.57. The van der Waals surface area contributed by atoms with Gasteiger partial charge >= 0.3 is 5.97 Å². The van der Waals surface area contributed by atoms with Crippen molar-refractivity contribution in [3.8, 4) is 0 Å². The van der Waals surface area contributed by atoms with Gasteiger partial charge in [0.1, 0.15) is 5.69 Å². The van der Waals surface area contributed by atoms with Gasteiger partial charge in [-0.25, -0.2) is 9.78 Å². The van der Waals surface area contributed by atoms with E-state index in [4.69, 9.17) is 16.7 Å². The molecule has 0 aliphatic carbocycles. The van der Waals surface area contributed by atoms with Crippen molar-refractivity contribution in [1.29, 1.82) is 0 Å². The van der Waals surface area contributed by atoms with Crippen LogP contribution in [0.2, 0.25) is 5.02 Å². The van der Waals surface area contributed by atoms with Gasteiger partial charge in [0.25, 0.3) is 0 Å². The number of carboxylic acids is 1. The van der Waals surface area contributed by atoms with Crippen molar-refractivity contribution in [2.45, 2.75) is 19.8 Å². The summed E-state index contributed by atoms with van der Waals surface area (Å²) in [6.07, 6.45) is 1.67. The summed E-state index contributed by atoms with van der Waals surface area (Å²) in [6, 6.07) is 3.04. The number of aromatic nitrogens is 1. The average molecular weight is 200 g/mol. The number of carbonyl (C=O) groups is 1. The second kappa shape index (κ2) is 4.23. The Morgan fingerprint density at radius 2 is 2.31 bits per heavy atom. The van der Waals surface area contributed by atoms with E-state index in [1.807, 2.05) is 6.92 Å². The molecule has 0 amide bonds. The lowest BCUT2D eigenvalue weighted by Crippen LogP contribution is -2.02. The molecule has 1 heterocycles. The molecule has 13 heavy (non-hydrogen) atoms. The van der Waals surface area contributed by atoms with E-state index in [0.717, 1.165) is 18.5 Å². The van der Waals surface area contributed by atoms with Gasteiger partial charge in [-0.2, -0.15) is 0 Å². The Balaban J connectivity index is 3.03. The maximum Gasteiger partial charge on any atom is 0.354 e. The number of carboxylic acid groups (broad SMARTS) is 1. The maximum absolute atomic E-state index is 10.6. The van der Waals surface area contributed by atoms with Crippen molar-refractivity contribution in [1.82, 2.24) is 4.98 Å².